The molecule has 0 aromatic heterocycles. The highest BCUT2D eigenvalue weighted by Crippen LogP contribution is 2.25. The van der Waals surface area contributed by atoms with Crippen molar-refractivity contribution in [3.63, 3.8) is 0 Å². The molecule has 19 heavy (non-hydrogen) atoms. The molecule has 3 nitrogen and oxygen atoms in total. The third kappa shape index (κ3) is 3.06. The topological polar surface area (TPSA) is 49.3 Å². The normalized spacial score (nSPS) is 10.2. The van der Waals surface area contributed by atoms with Crippen molar-refractivity contribution in [3.8, 4) is 5.75 Å². The van der Waals surface area contributed by atoms with E-state index in [1.165, 1.54) is 23.9 Å². The van der Waals surface area contributed by atoms with Gasteiger partial charge in [-0.25, -0.2) is 4.39 Å². The van der Waals surface area contributed by atoms with E-state index in [1.807, 2.05) is 18.4 Å². The fraction of sp³-hybridized carbons (Fsp3) is 0.0714. The van der Waals surface area contributed by atoms with E-state index in [-0.39, 0.29) is 11.3 Å². The average Bonchev–Trinajstić information content (AvgIpc) is 2.39. The van der Waals surface area contributed by atoms with Gasteiger partial charge in [0.05, 0.1) is 11.3 Å². The van der Waals surface area contributed by atoms with E-state index >= 15 is 0 Å². The summed E-state index contributed by atoms with van der Waals surface area (Å²) in [5, 5.41) is 11.8. The van der Waals surface area contributed by atoms with Crippen LogP contribution >= 0.6 is 11.8 Å². The summed E-state index contributed by atoms with van der Waals surface area (Å²) in [6, 6.07) is 10.7. The standard InChI is InChI=1S/C14H12FNO2S/c1-19-13-5-3-2-4-12(13)16-14(18)10-7-6-9(17)8-11(10)15/h2-8,17H,1H3,(H,16,18). The van der Waals surface area contributed by atoms with Crippen LogP contribution in [-0.2, 0) is 0 Å². The van der Waals surface area contributed by atoms with Gasteiger partial charge in [0.1, 0.15) is 11.6 Å². The number of benzene rings is 2. The molecule has 0 bridgehead atoms. The Bertz CT molecular complexity index is 616. The number of phenolic OH excluding ortho intramolecular Hbond substituents is 1. The Balaban J connectivity index is 2.26. The maximum absolute atomic E-state index is 13.6. The Kier molecular flexibility index (Phi) is 4.06. The van der Waals surface area contributed by atoms with E-state index in [1.54, 1.807) is 12.1 Å². The number of carbonyl (C=O) groups excluding carboxylic acids is 1. The summed E-state index contributed by atoms with van der Waals surface area (Å²) < 4.78 is 13.6. The van der Waals surface area contributed by atoms with Gasteiger partial charge in [0, 0.05) is 11.0 Å². The third-order valence-electron chi connectivity index (χ3n) is 2.55. The van der Waals surface area contributed by atoms with Crippen LogP contribution < -0.4 is 5.32 Å². The molecule has 0 radical (unpaired) electrons. The number of amides is 1. The van der Waals surface area contributed by atoms with Crippen LogP contribution in [0.15, 0.2) is 47.4 Å². The molecule has 2 aromatic rings. The van der Waals surface area contributed by atoms with Gasteiger partial charge in [-0.05, 0) is 30.5 Å². The van der Waals surface area contributed by atoms with Gasteiger partial charge in [0.15, 0.2) is 0 Å². The van der Waals surface area contributed by atoms with Crippen LogP contribution in [0.3, 0.4) is 0 Å². The van der Waals surface area contributed by atoms with E-state index in [4.69, 9.17) is 5.11 Å². The minimum Gasteiger partial charge on any atom is -0.508 e. The quantitative estimate of drug-likeness (QED) is 0.844. The van der Waals surface area contributed by atoms with Crippen LogP contribution in [-0.4, -0.2) is 17.3 Å². The zero-order chi connectivity index (χ0) is 13.8. The second-order valence-corrected chi connectivity index (χ2v) is 4.67. The van der Waals surface area contributed by atoms with Crippen LogP contribution in [0.25, 0.3) is 0 Å². The van der Waals surface area contributed by atoms with Crippen molar-refractivity contribution in [1.82, 2.24) is 0 Å². The molecule has 0 heterocycles. The van der Waals surface area contributed by atoms with E-state index < -0.39 is 11.7 Å². The third-order valence-corrected chi connectivity index (χ3v) is 3.35. The number of nitrogens with one attached hydrogen (secondary N) is 1. The number of anilines is 1. The van der Waals surface area contributed by atoms with Crippen molar-refractivity contribution in [2.75, 3.05) is 11.6 Å². The molecule has 1 amide bonds. The van der Waals surface area contributed by atoms with Gasteiger partial charge >= 0.3 is 0 Å². The predicted octanol–water partition coefficient (Wildman–Crippen LogP) is 3.51. The van der Waals surface area contributed by atoms with Gasteiger partial charge in [-0.2, -0.15) is 0 Å². The number of carbonyl (C=O) groups is 1. The molecule has 0 aliphatic heterocycles. The highest BCUT2D eigenvalue weighted by Gasteiger charge is 2.13. The van der Waals surface area contributed by atoms with Crippen molar-refractivity contribution in [2.45, 2.75) is 4.90 Å². The maximum atomic E-state index is 13.6. The monoisotopic (exact) mass is 277 g/mol. The summed E-state index contributed by atoms with van der Waals surface area (Å²) in [6.45, 7) is 0. The fourth-order valence-corrected chi connectivity index (χ4v) is 2.18. The zero-order valence-corrected chi connectivity index (χ0v) is 11.0. The van der Waals surface area contributed by atoms with Crippen LogP contribution in [0.5, 0.6) is 5.75 Å². The van der Waals surface area contributed by atoms with Gasteiger partial charge in [0.2, 0.25) is 0 Å². The van der Waals surface area contributed by atoms with E-state index in [2.05, 4.69) is 5.32 Å². The summed E-state index contributed by atoms with van der Waals surface area (Å²) in [7, 11) is 0. The van der Waals surface area contributed by atoms with E-state index in [0.717, 1.165) is 11.0 Å². The number of hydrogen-bond donors (Lipinski definition) is 2. The second kappa shape index (κ2) is 5.75. The summed E-state index contributed by atoms with van der Waals surface area (Å²) in [5.41, 5.74) is 0.529. The summed E-state index contributed by atoms with van der Waals surface area (Å²) >= 11 is 1.49. The van der Waals surface area contributed by atoms with Gasteiger partial charge in [-0.3, -0.25) is 4.79 Å². The first kappa shape index (κ1) is 13.4. The lowest BCUT2D eigenvalue weighted by Gasteiger charge is -2.09. The first-order valence-corrected chi connectivity index (χ1v) is 6.77. The molecule has 0 fully saturated rings. The number of aromatic hydroxyl groups is 1. The van der Waals surface area contributed by atoms with Crippen LogP contribution in [0, 0.1) is 5.82 Å². The second-order valence-electron chi connectivity index (χ2n) is 3.82. The van der Waals surface area contributed by atoms with Crippen molar-refractivity contribution < 1.29 is 14.3 Å². The zero-order valence-electron chi connectivity index (χ0n) is 10.2. The first-order valence-electron chi connectivity index (χ1n) is 5.54. The van der Waals surface area contributed by atoms with Crippen LogP contribution in [0.1, 0.15) is 10.4 Å². The van der Waals surface area contributed by atoms with E-state index in [9.17, 15) is 9.18 Å². The number of phenols is 1. The molecule has 0 saturated heterocycles. The number of thioether (sulfide) groups is 1. The van der Waals surface area contributed by atoms with Crippen LogP contribution in [0.4, 0.5) is 10.1 Å². The molecule has 0 unspecified atom stereocenters. The lowest BCUT2D eigenvalue weighted by Crippen LogP contribution is -2.14. The smallest absolute Gasteiger partial charge is 0.258 e. The Labute approximate surface area is 114 Å². The highest BCUT2D eigenvalue weighted by molar-refractivity contribution is 7.98. The predicted molar refractivity (Wildman–Crippen MR) is 74.2 cm³/mol. The van der Waals surface area contributed by atoms with Gasteiger partial charge in [-0.15, -0.1) is 11.8 Å². The largest absolute Gasteiger partial charge is 0.508 e. The Morgan fingerprint density at radius 2 is 2.00 bits per heavy atom. The lowest BCUT2D eigenvalue weighted by molar-refractivity contribution is 0.102. The van der Waals surface area contributed by atoms with Crippen molar-refractivity contribution in [3.05, 3.63) is 53.8 Å². The minimum atomic E-state index is -0.751. The molecule has 98 valence electrons. The van der Waals surface area contributed by atoms with Gasteiger partial charge < -0.3 is 10.4 Å². The van der Waals surface area contributed by atoms with E-state index in [0.29, 0.717) is 5.69 Å². The first-order chi connectivity index (χ1) is 9.11. The Morgan fingerprint density at radius 1 is 1.26 bits per heavy atom. The molecule has 2 rings (SSSR count). The minimum absolute atomic E-state index is 0.103. The molecule has 2 N–H and O–H groups in total. The highest BCUT2D eigenvalue weighted by atomic mass is 32.2. The van der Waals surface area contributed by atoms with Gasteiger partial charge in [0.25, 0.3) is 5.91 Å². The lowest BCUT2D eigenvalue weighted by atomic mass is 10.2. The maximum Gasteiger partial charge on any atom is 0.258 e. The number of rotatable bonds is 3. The number of para-hydroxylation sites is 1. The molecule has 0 aliphatic carbocycles. The van der Waals surface area contributed by atoms with Crippen molar-refractivity contribution >= 4 is 23.4 Å². The molecular formula is C14H12FNO2S. The van der Waals surface area contributed by atoms with Gasteiger partial charge in [-0.1, -0.05) is 12.1 Å². The van der Waals surface area contributed by atoms with Crippen LogP contribution in [0.2, 0.25) is 0 Å². The van der Waals surface area contributed by atoms with Crippen molar-refractivity contribution in [2.24, 2.45) is 0 Å². The molecule has 0 spiro atoms. The SMILES string of the molecule is CSc1ccccc1NC(=O)c1ccc(O)cc1F. The molecule has 0 atom stereocenters. The Morgan fingerprint density at radius 3 is 2.68 bits per heavy atom. The number of hydrogen-bond acceptors (Lipinski definition) is 3. The van der Waals surface area contributed by atoms with Crippen molar-refractivity contribution in [1.29, 1.82) is 0 Å². The molecule has 0 aliphatic rings. The fourth-order valence-electron chi connectivity index (χ4n) is 1.63. The summed E-state index contributed by atoms with van der Waals surface area (Å²) in [6.07, 6.45) is 1.89. The average molecular weight is 277 g/mol. The summed E-state index contributed by atoms with van der Waals surface area (Å²) in [4.78, 5) is 12.9. The number of halogens is 1. The molecule has 5 heteroatoms. The Hall–Kier alpha value is -2.01. The molecule has 0 saturated carbocycles. The molecule has 2 aromatic carbocycles. The summed E-state index contributed by atoms with van der Waals surface area (Å²) in [5.74, 6) is -1.50. The molecular weight excluding hydrogens is 265 g/mol.